The number of allylic oxidation sites excluding steroid dienone is 1. The second-order valence-corrected chi connectivity index (χ2v) is 10.1. The van der Waals surface area contributed by atoms with Crippen LogP contribution in [0.2, 0.25) is 0 Å². The van der Waals surface area contributed by atoms with Crippen LogP contribution in [-0.4, -0.2) is 0 Å². The molecule has 0 heterocycles. The van der Waals surface area contributed by atoms with Gasteiger partial charge in [-0.1, -0.05) is 94.7 Å². The summed E-state index contributed by atoms with van der Waals surface area (Å²) in [6, 6.07) is 6.54. The summed E-state index contributed by atoms with van der Waals surface area (Å²) < 4.78 is 44.2. The molecule has 0 aromatic heterocycles. The van der Waals surface area contributed by atoms with Crippen molar-refractivity contribution in [3.63, 3.8) is 0 Å². The summed E-state index contributed by atoms with van der Waals surface area (Å²) >= 11 is 0. The van der Waals surface area contributed by atoms with Crippen LogP contribution in [0.5, 0.6) is 0 Å². The molecule has 2 aromatic rings. The fourth-order valence-electron chi connectivity index (χ4n) is 5.77. The lowest BCUT2D eigenvalue weighted by Gasteiger charge is -2.29. The second kappa shape index (κ2) is 10.9. The molecule has 0 aliphatic heterocycles. The molecular formula is C30H37F3. The van der Waals surface area contributed by atoms with E-state index in [-0.39, 0.29) is 11.1 Å². The van der Waals surface area contributed by atoms with Gasteiger partial charge < -0.3 is 0 Å². The predicted molar refractivity (Wildman–Crippen MR) is 132 cm³/mol. The van der Waals surface area contributed by atoms with Crippen molar-refractivity contribution in [1.82, 2.24) is 0 Å². The Morgan fingerprint density at radius 2 is 1.42 bits per heavy atom. The van der Waals surface area contributed by atoms with E-state index in [4.69, 9.17) is 0 Å². The molecule has 0 bridgehead atoms. The highest BCUT2D eigenvalue weighted by atomic mass is 19.2. The average Bonchev–Trinajstić information content (AvgIpc) is 2.84. The van der Waals surface area contributed by atoms with Gasteiger partial charge in [0, 0.05) is 11.1 Å². The summed E-state index contributed by atoms with van der Waals surface area (Å²) in [5, 5.41) is 0. The van der Waals surface area contributed by atoms with Gasteiger partial charge in [0.15, 0.2) is 11.6 Å². The van der Waals surface area contributed by atoms with E-state index in [0.717, 1.165) is 30.2 Å². The minimum Gasteiger partial charge on any atom is -0.206 e. The van der Waals surface area contributed by atoms with Crippen LogP contribution in [0.25, 0.3) is 17.2 Å². The number of benzene rings is 2. The van der Waals surface area contributed by atoms with Crippen molar-refractivity contribution in [3.8, 4) is 11.1 Å². The topological polar surface area (TPSA) is 0 Å². The van der Waals surface area contributed by atoms with Crippen LogP contribution in [0.4, 0.5) is 13.2 Å². The number of rotatable bonds is 8. The molecule has 0 amide bonds. The molecule has 0 atom stereocenters. The first-order chi connectivity index (χ1) is 16.0. The van der Waals surface area contributed by atoms with Gasteiger partial charge in [-0.3, -0.25) is 0 Å². The summed E-state index contributed by atoms with van der Waals surface area (Å²) in [5.41, 5.74) is 3.40. The summed E-state index contributed by atoms with van der Waals surface area (Å²) in [7, 11) is 0. The van der Waals surface area contributed by atoms with Gasteiger partial charge in [0.1, 0.15) is 5.82 Å². The van der Waals surface area contributed by atoms with E-state index in [1.165, 1.54) is 63.0 Å². The van der Waals surface area contributed by atoms with Crippen molar-refractivity contribution in [2.24, 2.45) is 11.8 Å². The molecule has 2 aliphatic rings. The average molecular weight is 455 g/mol. The Hall–Kier alpha value is -2.03. The van der Waals surface area contributed by atoms with E-state index in [1.807, 2.05) is 6.07 Å². The molecule has 0 saturated heterocycles. The molecule has 0 N–H and O–H groups in total. The van der Waals surface area contributed by atoms with Crippen molar-refractivity contribution < 1.29 is 13.2 Å². The van der Waals surface area contributed by atoms with Crippen molar-refractivity contribution in [1.29, 1.82) is 0 Å². The molecule has 1 fully saturated rings. The van der Waals surface area contributed by atoms with Gasteiger partial charge in [-0.15, -0.1) is 0 Å². The smallest absolute Gasteiger partial charge is 0.167 e. The quantitative estimate of drug-likeness (QED) is 0.372. The zero-order valence-corrected chi connectivity index (χ0v) is 20.2. The molecule has 0 unspecified atom stereocenters. The normalized spacial score (nSPS) is 20.5. The molecule has 178 valence electrons. The Bertz CT molecular complexity index is 996. The minimum absolute atomic E-state index is 0.00863. The van der Waals surface area contributed by atoms with Gasteiger partial charge in [0.05, 0.1) is 0 Å². The molecule has 3 heteroatoms. The van der Waals surface area contributed by atoms with Gasteiger partial charge in [-0.2, -0.15) is 0 Å². The van der Waals surface area contributed by atoms with E-state index in [0.29, 0.717) is 24.0 Å². The van der Waals surface area contributed by atoms with Crippen LogP contribution < -0.4 is 0 Å². The predicted octanol–water partition coefficient (Wildman–Crippen LogP) is 9.44. The maximum absolute atomic E-state index is 15.3. The molecular weight excluding hydrogens is 417 g/mol. The largest absolute Gasteiger partial charge is 0.206 e. The van der Waals surface area contributed by atoms with Crippen LogP contribution in [-0.2, 0) is 12.8 Å². The fourth-order valence-corrected chi connectivity index (χ4v) is 5.77. The van der Waals surface area contributed by atoms with Gasteiger partial charge >= 0.3 is 0 Å². The van der Waals surface area contributed by atoms with Crippen molar-refractivity contribution in [2.75, 3.05) is 0 Å². The Kier molecular flexibility index (Phi) is 7.98. The van der Waals surface area contributed by atoms with Crippen LogP contribution in [0.1, 0.15) is 94.7 Å². The van der Waals surface area contributed by atoms with E-state index in [2.05, 4.69) is 13.0 Å². The van der Waals surface area contributed by atoms with E-state index in [9.17, 15) is 8.78 Å². The fraction of sp³-hybridized carbons (Fsp3) is 0.533. The number of fused-ring (bicyclic) bond motifs is 1. The zero-order valence-electron chi connectivity index (χ0n) is 20.2. The molecule has 2 aromatic carbocycles. The Labute approximate surface area is 197 Å². The van der Waals surface area contributed by atoms with Gasteiger partial charge in [0.25, 0.3) is 0 Å². The van der Waals surface area contributed by atoms with Gasteiger partial charge in [-0.05, 0) is 60.6 Å². The van der Waals surface area contributed by atoms with Crippen LogP contribution in [0, 0.1) is 29.3 Å². The summed E-state index contributed by atoms with van der Waals surface area (Å²) in [5.74, 6) is -0.460. The number of aryl methyl sites for hydroxylation is 1. The van der Waals surface area contributed by atoms with Crippen molar-refractivity contribution in [3.05, 3.63) is 64.0 Å². The number of hydrogen-bond donors (Lipinski definition) is 0. The highest BCUT2D eigenvalue weighted by molar-refractivity contribution is 5.71. The standard InChI is InChI=1S/C30H37F3/c1-3-5-6-20-7-9-21(10-8-20)11-12-22-13-16-25-24(19-22)15-18-26(29(25)32)27-17-14-23(4-2)28(31)30(27)33/h14-15,17-21H,3-13,16H2,1-2H3. The molecule has 33 heavy (non-hydrogen) atoms. The molecule has 0 nitrogen and oxygen atoms in total. The van der Waals surface area contributed by atoms with E-state index < -0.39 is 17.5 Å². The summed E-state index contributed by atoms with van der Waals surface area (Å²) in [4.78, 5) is 0. The lowest BCUT2D eigenvalue weighted by atomic mass is 9.77. The highest BCUT2D eigenvalue weighted by Gasteiger charge is 2.23. The van der Waals surface area contributed by atoms with E-state index >= 15 is 4.39 Å². The Balaban J connectivity index is 1.42. The SMILES string of the molecule is CCCCC1CCC(CCC2=Cc3ccc(-c4ccc(CC)c(F)c4F)c(F)c3CC2)CC1. The number of hydrogen-bond acceptors (Lipinski definition) is 0. The highest BCUT2D eigenvalue weighted by Crippen LogP contribution is 2.38. The first-order valence-corrected chi connectivity index (χ1v) is 13.0. The molecule has 0 radical (unpaired) electrons. The van der Waals surface area contributed by atoms with Crippen molar-refractivity contribution >= 4 is 6.08 Å². The van der Waals surface area contributed by atoms with E-state index in [1.54, 1.807) is 19.1 Å². The maximum Gasteiger partial charge on any atom is 0.167 e. The molecule has 4 rings (SSSR count). The zero-order chi connectivity index (χ0) is 23.4. The monoisotopic (exact) mass is 454 g/mol. The third-order valence-electron chi connectivity index (χ3n) is 7.97. The summed E-state index contributed by atoms with van der Waals surface area (Å²) in [6.07, 6.45) is 15.9. The maximum atomic E-state index is 15.3. The molecule has 2 aliphatic carbocycles. The third-order valence-corrected chi connectivity index (χ3v) is 7.97. The molecule has 1 saturated carbocycles. The van der Waals surface area contributed by atoms with Gasteiger partial charge in [0.2, 0.25) is 0 Å². The lowest BCUT2D eigenvalue weighted by molar-refractivity contribution is 0.249. The number of unbranched alkanes of at least 4 members (excludes halogenated alkanes) is 1. The minimum atomic E-state index is -0.954. The number of halogens is 3. The van der Waals surface area contributed by atoms with Crippen molar-refractivity contribution in [2.45, 2.75) is 90.9 Å². The first-order valence-electron chi connectivity index (χ1n) is 13.0. The first kappa shape index (κ1) is 24.1. The summed E-state index contributed by atoms with van der Waals surface area (Å²) in [6.45, 7) is 4.05. The lowest BCUT2D eigenvalue weighted by Crippen LogP contribution is -2.15. The second-order valence-electron chi connectivity index (χ2n) is 10.1. The Morgan fingerprint density at radius 3 is 2.12 bits per heavy atom. The van der Waals surface area contributed by atoms with Gasteiger partial charge in [-0.25, -0.2) is 13.2 Å². The van der Waals surface area contributed by atoms with Crippen LogP contribution >= 0.6 is 0 Å². The van der Waals surface area contributed by atoms with Crippen LogP contribution in [0.3, 0.4) is 0 Å². The Morgan fingerprint density at radius 1 is 0.758 bits per heavy atom. The van der Waals surface area contributed by atoms with Crippen LogP contribution in [0.15, 0.2) is 29.8 Å². The molecule has 0 spiro atoms. The third kappa shape index (κ3) is 5.39.